The van der Waals surface area contributed by atoms with Crippen LogP contribution >= 0.6 is 0 Å². The number of hydrogen-bond acceptors (Lipinski definition) is 4. The highest BCUT2D eigenvalue weighted by atomic mass is 16.6. The highest BCUT2D eigenvalue weighted by molar-refractivity contribution is 5.92. The lowest BCUT2D eigenvalue weighted by Crippen LogP contribution is -2.22. The third-order valence-electron chi connectivity index (χ3n) is 2.60. The maximum atomic E-state index is 11.7. The van der Waals surface area contributed by atoms with Gasteiger partial charge in [0.25, 0.3) is 11.6 Å². The molecule has 6 heteroatoms. The predicted molar refractivity (Wildman–Crippen MR) is 73.3 cm³/mol. The zero-order chi connectivity index (χ0) is 14.5. The highest BCUT2D eigenvalue weighted by Crippen LogP contribution is 2.30. The van der Waals surface area contributed by atoms with Crippen molar-refractivity contribution in [2.24, 2.45) is 0 Å². The van der Waals surface area contributed by atoms with Crippen LogP contribution in [-0.4, -0.2) is 17.4 Å². The van der Waals surface area contributed by atoms with E-state index in [1.54, 1.807) is 24.3 Å². The molecule has 0 saturated heterocycles. The van der Waals surface area contributed by atoms with Crippen LogP contribution in [0, 0.1) is 10.1 Å². The molecule has 0 atom stereocenters. The van der Waals surface area contributed by atoms with E-state index in [9.17, 15) is 14.9 Å². The van der Waals surface area contributed by atoms with Crippen molar-refractivity contribution in [1.29, 1.82) is 0 Å². The van der Waals surface area contributed by atoms with E-state index in [-0.39, 0.29) is 17.2 Å². The van der Waals surface area contributed by atoms with Crippen LogP contribution in [0.25, 0.3) is 11.3 Å². The quantitative estimate of drug-likeness (QED) is 0.515. The molecule has 0 aliphatic heterocycles. The predicted octanol–water partition coefficient (Wildman–Crippen LogP) is 2.77. The number of nitrogens with one attached hydrogen (secondary N) is 1. The van der Waals surface area contributed by atoms with Crippen molar-refractivity contribution in [3.8, 4) is 11.3 Å². The van der Waals surface area contributed by atoms with Crippen LogP contribution in [-0.2, 0) is 0 Å². The van der Waals surface area contributed by atoms with Gasteiger partial charge in [0.1, 0.15) is 5.76 Å². The lowest BCUT2D eigenvalue weighted by molar-refractivity contribution is -0.384. The minimum atomic E-state index is -0.491. The first-order chi connectivity index (χ1) is 9.63. The summed E-state index contributed by atoms with van der Waals surface area (Å²) in [5, 5.41) is 13.5. The van der Waals surface area contributed by atoms with Gasteiger partial charge in [-0.05, 0) is 18.2 Å². The average Bonchev–Trinajstić information content (AvgIpc) is 2.94. The summed E-state index contributed by atoms with van der Waals surface area (Å²) in [6.45, 7) is 3.81. The highest BCUT2D eigenvalue weighted by Gasteiger charge is 2.18. The monoisotopic (exact) mass is 272 g/mol. The molecule has 1 N–H and O–H groups in total. The molecule has 1 heterocycles. The molecule has 0 unspecified atom stereocenters. The molecule has 0 radical (unpaired) electrons. The van der Waals surface area contributed by atoms with Crippen LogP contribution in [0.2, 0.25) is 0 Å². The maximum Gasteiger partial charge on any atom is 0.287 e. The number of nitro benzene ring substituents is 1. The lowest BCUT2D eigenvalue weighted by atomic mass is 10.1. The summed E-state index contributed by atoms with van der Waals surface area (Å²) in [6.07, 6.45) is 1.55. The summed E-state index contributed by atoms with van der Waals surface area (Å²) in [6, 6.07) is 9.21. The molecule has 6 nitrogen and oxygen atoms in total. The van der Waals surface area contributed by atoms with Gasteiger partial charge in [0.15, 0.2) is 5.76 Å². The fraction of sp³-hybridized carbons (Fsp3) is 0.0714. The number of nitro groups is 1. The molecule has 1 amide bonds. The van der Waals surface area contributed by atoms with Gasteiger partial charge in [-0.3, -0.25) is 14.9 Å². The third kappa shape index (κ3) is 2.74. The average molecular weight is 272 g/mol. The van der Waals surface area contributed by atoms with Gasteiger partial charge >= 0.3 is 0 Å². The Balaban J connectivity index is 2.32. The molecule has 102 valence electrons. The van der Waals surface area contributed by atoms with Gasteiger partial charge in [-0.1, -0.05) is 18.2 Å². The van der Waals surface area contributed by atoms with E-state index in [4.69, 9.17) is 4.42 Å². The van der Waals surface area contributed by atoms with Gasteiger partial charge in [-0.2, -0.15) is 0 Å². The molecule has 20 heavy (non-hydrogen) atoms. The van der Waals surface area contributed by atoms with Gasteiger partial charge in [0.05, 0.1) is 10.5 Å². The Morgan fingerprint density at radius 2 is 2.10 bits per heavy atom. The van der Waals surface area contributed by atoms with Crippen molar-refractivity contribution < 1.29 is 14.1 Å². The zero-order valence-corrected chi connectivity index (χ0v) is 10.5. The molecular weight excluding hydrogens is 260 g/mol. The topological polar surface area (TPSA) is 85.4 Å². The Morgan fingerprint density at radius 3 is 2.80 bits per heavy atom. The van der Waals surface area contributed by atoms with Crippen molar-refractivity contribution >= 4 is 11.6 Å². The van der Waals surface area contributed by atoms with Crippen LogP contribution in [0.15, 0.2) is 53.5 Å². The van der Waals surface area contributed by atoms with Crippen LogP contribution in [0.5, 0.6) is 0 Å². The number of carbonyl (C=O) groups excluding carboxylic acids is 1. The molecule has 0 saturated carbocycles. The minimum Gasteiger partial charge on any atom is -0.451 e. The molecular formula is C14H12N2O4. The van der Waals surface area contributed by atoms with E-state index in [0.29, 0.717) is 12.1 Å². The Morgan fingerprint density at radius 1 is 1.35 bits per heavy atom. The van der Waals surface area contributed by atoms with E-state index in [1.165, 1.54) is 18.2 Å². The Hall–Kier alpha value is -2.89. The number of furan rings is 1. The maximum absolute atomic E-state index is 11.7. The summed E-state index contributed by atoms with van der Waals surface area (Å²) >= 11 is 0. The number of carbonyl (C=O) groups is 1. The number of rotatable bonds is 5. The van der Waals surface area contributed by atoms with Crippen LogP contribution in [0.1, 0.15) is 10.6 Å². The first-order valence-electron chi connectivity index (χ1n) is 5.86. The molecule has 1 aromatic heterocycles. The van der Waals surface area contributed by atoms with E-state index in [2.05, 4.69) is 11.9 Å². The van der Waals surface area contributed by atoms with Crippen LogP contribution in [0.3, 0.4) is 0 Å². The zero-order valence-electron chi connectivity index (χ0n) is 10.5. The van der Waals surface area contributed by atoms with E-state index < -0.39 is 10.8 Å². The fourth-order valence-electron chi connectivity index (χ4n) is 1.70. The van der Waals surface area contributed by atoms with Crippen LogP contribution in [0.4, 0.5) is 5.69 Å². The number of nitrogens with zero attached hydrogens (tertiary/aromatic N) is 1. The number of amides is 1. The van der Waals surface area contributed by atoms with E-state index in [1.807, 2.05) is 0 Å². The second kappa shape index (κ2) is 5.83. The van der Waals surface area contributed by atoms with E-state index in [0.717, 1.165) is 0 Å². The molecule has 1 aromatic carbocycles. The first-order valence-corrected chi connectivity index (χ1v) is 5.86. The summed E-state index contributed by atoms with van der Waals surface area (Å²) in [4.78, 5) is 22.1. The summed E-state index contributed by atoms with van der Waals surface area (Å²) in [5.74, 6) is -0.0178. The molecule has 0 aliphatic rings. The van der Waals surface area contributed by atoms with Crippen molar-refractivity contribution in [1.82, 2.24) is 5.32 Å². The summed E-state index contributed by atoms with van der Waals surface area (Å²) in [5.41, 5.74) is 0.264. The Bertz CT molecular complexity index is 661. The number of benzene rings is 1. The number of hydrogen-bond donors (Lipinski definition) is 1. The van der Waals surface area contributed by atoms with Gasteiger partial charge in [-0.15, -0.1) is 6.58 Å². The Kier molecular flexibility index (Phi) is 3.95. The SMILES string of the molecule is C=CCNC(=O)c1ccc(-c2ccccc2[N+](=O)[O-])o1. The molecule has 2 rings (SSSR count). The smallest absolute Gasteiger partial charge is 0.287 e. The minimum absolute atomic E-state index is 0.0695. The summed E-state index contributed by atoms with van der Waals surface area (Å²) in [7, 11) is 0. The molecule has 0 fully saturated rings. The first kappa shape index (κ1) is 13.5. The van der Waals surface area contributed by atoms with Crippen molar-refractivity contribution in [2.75, 3.05) is 6.54 Å². The second-order valence-corrected chi connectivity index (χ2v) is 3.94. The molecule has 2 aromatic rings. The van der Waals surface area contributed by atoms with Crippen molar-refractivity contribution in [3.63, 3.8) is 0 Å². The van der Waals surface area contributed by atoms with Gasteiger partial charge in [0, 0.05) is 12.6 Å². The molecule has 0 aliphatic carbocycles. The largest absolute Gasteiger partial charge is 0.451 e. The van der Waals surface area contributed by atoms with Gasteiger partial charge in [0.2, 0.25) is 0 Å². The van der Waals surface area contributed by atoms with Gasteiger partial charge < -0.3 is 9.73 Å². The molecule has 0 spiro atoms. The standard InChI is InChI=1S/C14H12N2O4/c1-2-9-15-14(17)13-8-7-12(20-13)10-5-3-4-6-11(10)16(18)19/h2-8H,1,9H2,(H,15,17). The van der Waals surface area contributed by atoms with Crippen molar-refractivity contribution in [2.45, 2.75) is 0 Å². The Labute approximate surface area is 114 Å². The third-order valence-corrected chi connectivity index (χ3v) is 2.60. The normalized spacial score (nSPS) is 10.0. The number of para-hydroxylation sites is 1. The fourth-order valence-corrected chi connectivity index (χ4v) is 1.70. The van der Waals surface area contributed by atoms with E-state index >= 15 is 0 Å². The second-order valence-electron chi connectivity index (χ2n) is 3.94. The van der Waals surface area contributed by atoms with Gasteiger partial charge in [-0.25, -0.2) is 0 Å². The van der Waals surface area contributed by atoms with Crippen LogP contribution < -0.4 is 5.32 Å². The molecule has 0 bridgehead atoms. The van der Waals surface area contributed by atoms with Crippen molar-refractivity contribution in [3.05, 3.63) is 64.9 Å². The lowest BCUT2D eigenvalue weighted by Gasteiger charge is -2.00. The summed E-state index contributed by atoms with van der Waals surface area (Å²) < 4.78 is 5.37.